The van der Waals surface area contributed by atoms with Gasteiger partial charge in [0.15, 0.2) is 0 Å². The molecule has 0 spiro atoms. The van der Waals surface area contributed by atoms with Gasteiger partial charge in [-0.1, -0.05) is 28.3 Å². The Morgan fingerprint density at radius 1 is 1.48 bits per heavy atom. The highest BCUT2D eigenvalue weighted by atomic mass is 32.2. The van der Waals surface area contributed by atoms with E-state index in [1.165, 1.54) is 29.8 Å². The Balaban J connectivity index is 1.65. The van der Waals surface area contributed by atoms with Gasteiger partial charge in [-0.3, -0.25) is 9.78 Å². The number of thioether (sulfide) groups is 1. The Hall–Kier alpha value is -2.60. The molecule has 0 radical (unpaired) electrons. The van der Waals surface area contributed by atoms with Crippen LogP contribution in [0.4, 0.5) is 0 Å². The number of thiazole rings is 1. The molecule has 3 N–H and O–H groups in total. The lowest BCUT2D eigenvalue weighted by Crippen LogP contribution is -2.55. The van der Waals surface area contributed by atoms with Gasteiger partial charge in [0.1, 0.15) is 41.6 Å². The smallest absolute Gasteiger partial charge is 0.304 e. The van der Waals surface area contributed by atoms with Gasteiger partial charge in [-0.2, -0.15) is 5.26 Å². The van der Waals surface area contributed by atoms with Crippen molar-refractivity contribution in [1.82, 2.24) is 25.0 Å². The van der Waals surface area contributed by atoms with Crippen molar-refractivity contribution in [2.24, 2.45) is 0 Å². The maximum absolute atomic E-state index is 11.4. The van der Waals surface area contributed by atoms with Crippen LogP contribution in [0.25, 0.3) is 11.4 Å². The maximum Gasteiger partial charge on any atom is 0.304 e. The van der Waals surface area contributed by atoms with E-state index in [2.05, 4.69) is 20.3 Å². The predicted molar refractivity (Wildman–Crippen MR) is 110 cm³/mol. The number of rotatable bonds is 6. The third-order valence-electron chi connectivity index (χ3n) is 4.80. The zero-order valence-corrected chi connectivity index (χ0v) is 17.8. The number of ether oxygens (including phenoxy) is 2. The molecule has 11 nitrogen and oxygen atoms in total. The minimum atomic E-state index is -1.13. The Morgan fingerprint density at radius 2 is 2.32 bits per heavy atom. The van der Waals surface area contributed by atoms with Gasteiger partial charge in [0, 0.05) is 29.8 Å². The number of hydrogen-bond donors (Lipinski definition) is 3. The number of aromatic nitrogens is 5. The fourth-order valence-corrected chi connectivity index (χ4v) is 5.10. The molecule has 0 aromatic carbocycles. The van der Waals surface area contributed by atoms with Crippen LogP contribution in [0.1, 0.15) is 11.6 Å². The number of pyridine rings is 1. The lowest BCUT2D eigenvalue weighted by atomic mass is 9.97. The molecular formula is C18H18N6O5S2. The van der Waals surface area contributed by atoms with E-state index in [1.807, 2.05) is 6.07 Å². The lowest BCUT2D eigenvalue weighted by Gasteiger charge is -2.43. The van der Waals surface area contributed by atoms with E-state index in [1.54, 1.807) is 23.8 Å². The molecule has 31 heavy (non-hydrogen) atoms. The molecule has 1 aliphatic rings. The van der Waals surface area contributed by atoms with Crippen LogP contribution in [-0.2, 0) is 9.47 Å². The average molecular weight is 463 g/mol. The van der Waals surface area contributed by atoms with Crippen molar-refractivity contribution < 1.29 is 19.7 Å². The van der Waals surface area contributed by atoms with Crippen molar-refractivity contribution in [1.29, 1.82) is 5.26 Å². The third-order valence-corrected chi connectivity index (χ3v) is 6.58. The summed E-state index contributed by atoms with van der Waals surface area (Å²) in [5, 5.41) is 39.6. The fraction of sp³-hybridized carbons (Fsp3) is 0.389. The van der Waals surface area contributed by atoms with E-state index in [0.717, 1.165) is 11.3 Å². The van der Waals surface area contributed by atoms with Crippen molar-refractivity contribution in [3.05, 3.63) is 45.3 Å². The molecule has 4 heterocycles. The van der Waals surface area contributed by atoms with E-state index in [9.17, 15) is 15.0 Å². The number of aromatic amines is 1. The lowest BCUT2D eigenvalue weighted by molar-refractivity contribution is -0.186. The minimum Gasteiger partial charge on any atom is -0.394 e. The quantitative estimate of drug-likeness (QED) is 0.467. The number of nitrogens with zero attached hydrogens (tertiary/aromatic N) is 5. The highest BCUT2D eigenvalue weighted by Crippen LogP contribution is 2.39. The number of nitriles is 1. The zero-order chi connectivity index (χ0) is 22.0. The Labute approximate surface area is 184 Å². The Kier molecular flexibility index (Phi) is 6.46. The molecule has 13 heteroatoms. The molecule has 0 bridgehead atoms. The van der Waals surface area contributed by atoms with Gasteiger partial charge in [-0.25, -0.2) is 4.68 Å². The molecule has 162 valence electrons. The summed E-state index contributed by atoms with van der Waals surface area (Å²) in [6.45, 7) is -0.416. The highest BCUT2D eigenvalue weighted by molar-refractivity contribution is 7.99. The number of aliphatic hydroxyl groups excluding tert-OH is 2. The van der Waals surface area contributed by atoms with Crippen LogP contribution < -0.4 is 4.87 Å². The van der Waals surface area contributed by atoms with Gasteiger partial charge >= 0.3 is 4.87 Å². The number of aliphatic hydroxyl groups is 2. The Morgan fingerprint density at radius 3 is 3.00 bits per heavy atom. The second kappa shape index (κ2) is 9.27. The van der Waals surface area contributed by atoms with Crippen molar-refractivity contribution in [2.45, 2.75) is 34.7 Å². The van der Waals surface area contributed by atoms with Crippen LogP contribution >= 0.6 is 23.1 Å². The zero-order valence-electron chi connectivity index (χ0n) is 16.2. The first-order chi connectivity index (χ1) is 15.0. The molecule has 0 aliphatic carbocycles. The van der Waals surface area contributed by atoms with Gasteiger partial charge in [-0.05, 0) is 6.07 Å². The molecule has 1 fully saturated rings. The largest absolute Gasteiger partial charge is 0.394 e. The second-order valence-corrected chi connectivity index (χ2v) is 8.71. The van der Waals surface area contributed by atoms with Crippen molar-refractivity contribution in [3.8, 4) is 17.5 Å². The summed E-state index contributed by atoms with van der Waals surface area (Å²) < 4.78 is 13.0. The first-order valence-electron chi connectivity index (χ1n) is 9.13. The molecular weight excluding hydrogens is 444 g/mol. The normalized spacial score (nSPS) is 25.9. The van der Waals surface area contributed by atoms with Crippen LogP contribution in [0.5, 0.6) is 0 Å². The summed E-state index contributed by atoms with van der Waals surface area (Å²) in [6, 6.07) is 2.98. The summed E-state index contributed by atoms with van der Waals surface area (Å²) in [4.78, 5) is 18.6. The monoisotopic (exact) mass is 462 g/mol. The van der Waals surface area contributed by atoms with Crippen LogP contribution in [0.3, 0.4) is 0 Å². The summed E-state index contributed by atoms with van der Waals surface area (Å²) in [6.07, 6.45) is 1.94. The second-order valence-electron chi connectivity index (χ2n) is 6.69. The van der Waals surface area contributed by atoms with Crippen LogP contribution in [0, 0.1) is 11.3 Å². The fourth-order valence-electron chi connectivity index (χ4n) is 3.34. The summed E-state index contributed by atoms with van der Waals surface area (Å²) >= 11 is 2.27. The predicted octanol–water partition coefficient (Wildman–Crippen LogP) is 0.388. The summed E-state index contributed by atoms with van der Waals surface area (Å²) in [5.74, 6) is 0. The van der Waals surface area contributed by atoms with Gasteiger partial charge in [-0.15, -0.1) is 5.10 Å². The van der Waals surface area contributed by atoms with E-state index in [-0.39, 0.29) is 4.87 Å². The van der Waals surface area contributed by atoms with Crippen molar-refractivity contribution in [3.63, 3.8) is 0 Å². The average Bonchev–Trinajstić information content (AvgIpc) is 3.43. The van der Waals surface area contributed by atoms with Gasteiger partial charge < -0.3 is 24.7 Å². The number of nitrogens with one attached hydrogen (secondary N) is 1. The van der Waals surface area contributed by atoms with Gasteiger partial charge in [0.2, 0.25) is 0 Å². The van der Waals surface area contributed by atoms with Gasteiger partial charge in [0.25, 0.3) is 0 Å². The van der Waals surface area contributed by atoms with Crippen LogP contribution in [-0.4, -0.2) is 72.6 Å². The van der Waals surface area contributed by atoms with E-state index >= 15 is 0 Å². The standard InChI is InChI=1S/C18H18N6O5S2/c1-28-16-14(24-6-11(22-23-24)12-8-30-18(27)21-12)15(26)13(7-25)29-17(16)31-10-2-9(3-19)4-20-5-10/h2,4-6,8,13-17,25-26H,7H2,1H3,(H,21,27)/t13-,14+,15+,16-,17-/m1/s1. The maximum atomic E-state index is 11.4. The number of methoxy groups -OCH3 is 1. The molecule has 4 rings (SSSR count). The van der Waals surface area contributed by atoms with Crippen molar-refractivity contribution in [2.75, 3.05) is 13.7 Å². The molecule has 3 aromatic heterocycles. The highest BCUT2D eigenvalue weighted by Gasteiger charge is 2.47. The third kappa shape index (κ3) is 4.40. The van der Waals surface area contributed by atoms with E-state index < -0.39 is 36.4 Å². The Bertz CT molecular complexity index is 1140. The molecule has 0 saturated carbocycles. The summed E-state index contributed by atoms with van der Waals surface area (Å²) in [7, 11) is 1.48. The molecule has 1 saturated heterocycles. The molecule has 1 aliphatic heterocycles. The molecule has 0 amide bonds. The van der Waals surface area contributed by atoms with Crippen molar-refractivity contribution >= 4 is 23.1 Å². The number of hydrogen-bond acceptors (Lipinski definition) is 11. The summed E-state index contributed by atoms with van der Waals surface area (Å²) in [5.41, 5.74) is 0.707. The van der Waals surface area contributed by atoms with Gasteiger partial charge in [0.05, 0.1) is 24.1 Å². The van der Waals surface area contributed by atoms with E-state index in [0.29, 0.717) is 21.8 Å². The van der Waals surface area contributed by atoms with E-state index in [4.69, 9.17) is 14.7 Å². The number of H-pyrrole nitrogens is 1. The minimum absolute atomic E-state index is 0.213. The SMILES string of the molecule is CO[C@@H]1[C@@H](n2cc(-c3csc(=O)[nH]3)nn2)[C@@H](O)[C@@H](CO)O[C@@H]1Sc1cncc(C#N)c1. The molecule has 3 aromatic rings. The molecule has 0 unspecified atom stereocenters. The van der Waals surface area contributed by atoms with Crippen LogP contribution in [0.15, 0.2) is 39.7 Å². The topological polar surface area (TPSA) is 159 Å². The molecule has 5 atom stereocenters. The van der Waals surface area contributed by atoms with Crippen LogP contribution in [0.2, 0.25) is 0 Å². The first kappa shape index (κ1) is 21.6. The first-order valence-corrected chi connectivity index (χ1v) is 10.9.